The average molecular weight is 499 g/mol. The summed E-state index contributed by atoms with van der Waals surface area (Å²) in [4.78, 5) is 27.3. The standard InChI is InChI=1S/C26H24F3N3O4/c1-35-24-5-2-16(12-23(24)31-25(33)15-32-6-8-36-9-7-32)26(34)30-20-3-4-21(22(29)14-20)17-10-18(27)13-19(28)11-17/h2-5,10-14H,6-9,15H2,1H3,(H,30,34)(H,31,33). The van der Waals surface area contributed by atoms with Crippen molar-refractivity contribution in [2.24, 2.45) is 0 Å². The van der Waals surface area contributed by atoms with Crippen molar-refractivity contribution in [3.05, 3.63) is 77.6 Å². The summed E-state index contributed by atoms with van der Waals surface area (Å²) in [5.41, 5.74) is 0.690. The highest BCUT2D eigenvalue weighted by molar-refractivity contribution is 6.06. The van der Waals surface area contributed by atoms with Gasteiger partial charge in [0, 0.05) is 36.0 Å². The summed E-state index contributed by atoms with van der Waals surface area (Å²) < 4.78 is 52.3. The number of amides is 2. The number of nitrogens with one attached hydrogen (secondary N) is 2. The van der Waals surface area contributed by atoms with E-state index in [0.29, 0.717) is 43.8 Å². The van der Waals surface area contributed by atoms with Gasteiger partial charge in [0.05, 0.1) is 32.6 Å². The highest BCUT2D eigenvalue weighted by Crippen LogP contribution is 2.28. The second-order valence-electron chi connectivity index (χ2n) is 8.16. The van der Waals surface area contributed by atoms with Crippen LogP contribution < -0.4 is 15.4 Å². The fraction of sp³-hybridized carbons (Fsp3) is 0.231. The number of halogens is 3. The molecule has 4 rings (SSSR count). The van der Waals surface area contributed by atoms with Crippen molar-refractivity contribution >= 4 is 23.2 Å². The first-order valence-electron chi connectivity index (χ1n) is 11.2. The molecule has 1 heterocycles. The van der Waals surface area contributed by atoms with Gasteiger partial charge in [0.25, 0.3) is 5.91 Å². The molecule has 1 fully saturated rings. The number of morpholine rings is 1. The van der Waals surface area contributed by atoms with E-state index < -0.39 is 23.4 Å². The maximum absolute atomic E-state index is 14.7. The molecule has 10 heteroatoms. The number of hydrogen-bond donors (Lipinski definition) is 2. The summed E-state index contributed by atoms with van der Waals surface area (Å²) in [6, 6.07) is 11.1. The maximum Gasteiger partial charge on any atom is 0.255 e. The lowest BCUT2D eigenvalue weighted by molar-refractivity contribution is -0.118. The summed E-state index contributed by atoms with van der Waals surface area (Å²) in [7, 11) is 1.45. The van der Waals surface area contributed by atoms with E-state index in [1.165, 1.54) is 31.4 Å². The predicted octanol–water partition coefficient (Wildman–Crippen LogP) is 4.30. The summed E-state index contributed by atoms with van der Waals surface area (Å²) in [6.07, 6.45) is 0. The van der Waals surface area contributed by atoms with Crippen LogP contribution in [0, 0.1) is 17.5 Å². The second kappa shape index (κ2) is 11.2. The van der Waals surface area contributed by atoms with E-state index in [0.717, 1.165) is 18.2 Å². The molecule has 0 radical (unpaired) electrons. The highest BCUT2D eigenvalue weighted by Gasteiger charge is 2.17. The smallest absolute Gasteiger partial charge is 0.255 e. The molecule has 0 saturated carbocycles. The molecule has 3 aromatic carbocycles. The summed E-state index contributed by atoms with van der Waals surface area (Å²) >= 11 is 0. The van der Waals surface area contributed by atoms with Crippen LogP contribution in [0.4, 0.5) is 24.5 Å². The molecule has 188 valence electrons. The van der Waals surface area contributed by atoms with Gasteiger partial charge in [-0.15, -0.1) is 0 Å². The molecule has 1 saturated heterocycles. The van der Waals surface area contributed by atoms with Crippen LogP contribution in [0.3, 0.4) is 0 Å². The third-order valence-corrected chi connectivity index (χ3v) is 5.61. The van der Waals surface area contributed by atoms with Crippen LogP contribution in [0.1, 0.15) is 10.4 Å². The Bertz CT molecular complexity index is 1260. The molecule has 2 amide bonds. The highest BCUT2D eigenvalue weighted by atomic mass is 19.1. The number of hydrogen-bond acceptors (Lipinski definition) is 5. The fourth-order valence-electron chi connectivity index (χ4n) is 3.84. The summed E-state index contributed by atoms with van der Waals surface area (Å²) in [6.45, 7) is 2.59. The third-order valence-electron chi connectivity index (χ3n) is 5.61. The largest absolute Gasteiger partial charge is 0.495 e. The van der Waals surface area contributed by atoms with Gasteiger partial charge in [-0.2, -0.15) is 0 Å². The van der Waals surface area contributed by atoms with Gasteiger partial charge < -0.3 is 20.1 Å². The quantitative estimate of drug-likeness (QED) is 0.507. The predicted molar refractivity (Wildman–Crippen MR) is 129 cm³/mol. The van der Waals surface area contributed by atoms with Crippen molar-refractivity contribution in [1.82, 2.24) is 4.90 Å². The van der Waals surface area contributed by atoms with Crippen molar-refractivity contribution in [2.45, 2.75) is 0 Å². The Labute approximate surface area is 205 Å². The molecule has 0 unspecified atom stereocenters. The van der Waals surface area contributed by atoms with Gasteiger partial charge in [0.2, 0.25) is 5.91 Å². The minimum absolute atomic E-state index is 0.0129. The molecular weight excluding hydrogens is 475 g/mol. The van der Waals surface area contributed by atoms with Crippen LogP contribution in [0.5, 0.6) is 5.75 Å². The number of methoxy groups -OCH3 is 1. The molecule has 2 N–H and O–H groups in total. The number of carbonyl (C=O) groups excluding carboxylic acids is 2. The Balaban J connectivity index is 1.47. The van der Waals surface area contributed by atoms with Crippen molar-refractivity contribution < 1.29 is 32.2 Å². The number of anilines is 2. The van der Waals surface area contributed by atoms with Gasteiger partial charge in [-0.05, 0) is 54.1 Å². The molecular formula is C26H24F3N3O4. The molecule has 0 aromatic heterocycles. The minimum Gasteiger partial charge on any atom is -0.495 e. The Kier molecular flexibility index (Phi) is 7.87. The van der Waals surface area contributed by atoms with E-state index in [2.05, 4.69) is 10.6 Å². The lowest BCUT2D eigenvalue weighted by Gasteiger charge is -2.26. The molecule has 0 aliphatic carbocycles. The molecule has 0 atom stereocenters. The van der Waals surface area contributed by atoms with Gasteiger partial charge >= 0.3 is 0 Å². The van der Waals surface area contributed by atoms with Crippen LogP contribution >= 0.6 is 0 Å². The van der Waals surface area contributed by atoms with E-state index >= 15 is 0 Å². The molecule has 36 heavy (non-hydrogen) atoms. The number of carbonyl (C=O) groups is 2. The maximum atomic E-state index is 14.7. The van der Waals surface area contributed by atoms with E-state index in [4.69, 9.17) is 9.47 Å². The van der Waals surface area contributed by atoms with Gasteiger partial charge in [0.1, 0.15) is 23.2 Å². The zero-order valence-corrected chi connectivity index (χ0v) is 19.4. The van der Waals surface area contributed by atoms with Gasteiger partial charge in [-0.25, -0.2) is 13.2 Å². The van der Waals surface area contributed by atoms with E-state index in [9.17, 15) is 22.8 Å². The Morgan fingerprint density at radius 3 is 2.33 bits per heavy atom. The molecule has 0 bridgehead atoms. The Morgan fingerprint density at radius 1 is 0.944 bits per heavy atom. The van der Waals surface area contributed by atoms with Crippen LogP contribution in [-0.2, 0) is 9.53 Å². The molecule has 1 aliphatic rings. The lowest BCUT2D eigenvalue weighted by atomic mass is 10.0. The minimum atomic E-state index is -0.825. The molecule has 7 nitrogen and oxygen atoms in total. The zero-order chi connectivity index (χ0) is 25.7. The van der Waals surface area contributed by atoms with Gasteiger partial charge in [-0.1, -0.05) is 0 Å². The average Bonchev–Trinajstić information content (AvgIpc) is 2.84. The first-order valence-corrected chi connectivity index (χ1v) is 11.2. The summed E-state index contributed by atoms with van der Waals surface area (Å²) in [5, 5.41) is 5.35. The number of rotatable bonds is 7. The summed E-state index contributed by atoms with van der Waals surface area (Å²) in [5.74, 6) is -2.85. The van der Waals surface area contributed by atoms with E-state index in [-0.39, 0.29) is 34.8 Å². The van der Waals surface area contributed by atoms with Crippen LogP contribution in [0.25, 0.3) is 11.1 Å². The van der Waals surface area contributed by atoms with Gasteiger partial charge in [-0.3, -0.25) is 14.5 Å². The van der Waals surface area contributed by atoms with Crippen molar-refractivity contribution in [2.75, 3.05) is 50.6 Å². The first-order chi connectivity index (χ1) is 17.3. The molecule has 0 spiro atoms. The number of benzene rings is 3. The molecule has 1 aliphatic heterocycles. The second-order valence-corrected chi connectivity index (χ2v) is 8.16. The van der Waals surface area contributed by atoms with Gasteiger partial charge in [0.15, 0.2) is 0 Å². The van der Waals surface area contributed by atoms with Crippen LogP contribution in [0.15, 0.2) is 54.6 Å². The lowest BCUT2D eigenvalue weighted by Crippen LogP contribution is -2.41. The number of ether oxygens (including phenoxy) is 2. The van der Waals surface area contributed by atoms with Crippen LogP contribution in [-0.4, -0.2) is 56.7 Å². The molecule has 3 aromatic rings. The third kappa shape index (κ3) is 6.21. The topological polar surface area (TPSA) is 79.9 Å². The Hall–Kier alpha value is -3.89. The van der Waals surface area contributed by atoms with Crippen molar-refractivity contribution in [3.8, 4) is 16.9 Å². The monoisotopic (exact) mass is 499 g/mol. The fourth-order valence-corrected chi connectivity index (χ4v) is 3.84. The first kappa shape index (κ1) is 25.2. The van der Waals surface area contributed by atoms with E-state index in [1.54, 1.807) is 6.07 Å². The normalized spacial score (nSPS) is 13.8. The van der Waals surface area contributed by atoms with E-state index in [1.807, 2.05) is 4.90 Å². The zero-order valence-electron chi connectivity index (χ0n) is 19.4. The number of nitrogens with zero attached hydrogens (tertiary/aromatic N) is 1. The van der Waals surface area contributed by atoms with Crippen LogP contribution in [0.2, 0.25) is 0 Å². The van der Waals surface area contributed by atoms with Crippen molar-refractivity contribution in [3.63, 3.8) is 0 Å². The Morgan fingerprint density at radius 2 is 1.67 bits per heavy atom. The SMILES string of the molecule is COc1ccc(C(=O)Nc2ccc(-c3cc(F)cc(F)c3)c(F)c2)cc1NC(=O)CN1CCOCC1. The van der Waals surface area contributed by atoms with Crippen molar-refractivity contribution in [1.29, 1.82) is 0 Å².